The maximum atomic E-state index is 12.6. The lowest BCUT2D eigenvalue weighted by Gasteiger charge is -2.07. The summed E-state index contributed by atoms with van der Waals surface area (Å²) in [5, 5.41) is 11.3. The van der Waals surface area contributed by atoms with Crippen molar-refractivity contribution in [3.8, 4) is 5.69 Å². The summed E-state index contributed by atoms with van der Waals surface area (Å²) in [5.41, 5.74) is 0.737. The Hall–Kier alpha value is -2.61. The molecule has 0 aliphatic rings. The number of fused-ring (bicyclic) bond motifs is 1. The van der Waals surface area contributed by atoms with Crippen molar-refractivity contribution in [1.82, 2.24) is 24.5 Å². The van der Waals surface area contributed by atoms with Crippen LogP contribution in [-0.2, 0) is 4.79 Å². The quantitative estimate of drug-likeness (QED) is 0.710. The lowest BCUT2D eigenvalue weighted by Crippen LogP contribution is -2.31. The largest absolute Gasteiger partial charge is 0.353 e. The van der Waals surface area contributed by atoms with Crippen LogP contribution < -0.4 is 10.9 Å². The molecular weight excluding hydrogens is 326 g/mol. The number of aromatic nitrogens is 4. The van der Waals surface area contributed by atoms with Crippen molar-refractivity contribution in [3.63, 3.8) is 0 Å². The van der Waals surface area contributed by atoms with Crippen molar-refractivity contribution in [2.75, 3.05) is 5.75 Å². The molecule has 3 aromatic rings. The first-order valence-corrected chi connectivity index (χ1v) is 8.49. The van der Waals surface area contributed by atoms with Gasteiger partial charge in [0.2, 0.25) is 11.6 Å². The number of benzene rings is 1. The van der Waals surface area contributed by atoms with Gasteiger partial charge in [0.15, 0.2) is 5.16 Å². The summed E-state index contributed by atoms with van der Waals surface area (Å²) in [6.45, 7) is 3.81. The third-order valence-electron chi connectivity index (χ3n) is 3.26. The number of rotatable bonds is 5. The van der Waals surface area contributed by atoms with E-state index in [2.05, 4.69) is 15.5 Å². The lowest BCUT2D eigenvalue weighted by atomic mass is 10.3. The smallest absolute Gasteiger partial charge is 0.300 e. The Morgan fingerprint density at radius 3 is 2.67 bits per heavy atom. The van der Waals surface area contributed by atoms with Gasteiger partial charge in [-0.05, 0) is 26.0 Å². The van der Waals surface area contributed by atoms with Crippen molar-refractivity contribution in [2.24, 2.45) is 0 Å². The molecule has 24 heavy (non-hydrogen) atoms. The van der Waals surface area contributed by atoms with E-state index in [-0.39, 0.29) is 28.9 Å². The Kier molecular flexibility index (Phi) is 4.66. The van der Waals surface area contributed by atoms with E-state index in [9.17, 15) is 9.59 Å². The maximum Gasteiger partial charge on any atom is 0.300 e. The van der Waals surface area contributed by atoms with Crippen LogP contribution in [-0.4, -0.2) is 36.9 Å². The zero-order valence-electron chi connectivity index (χ0n) is 13.3. The molecule has 7 nitrogen and oxygen atoms in total. The molecule has 0 unspecified atom stereocenters. The number of carbonyl (C=O) groups excluding carboxylic acids is 1. The van der Waals surface area contributed by atoms with Gasteiger partial charge < -0.3 is 5.32 Å². The Bertz CT molecular complexity index is 917. The number of thioether (sulfide) groups is 1. The van der Waals surface area contributed by atoms with Gasteiger partial charge in [-0.2, -0.15) is 0 Å². The maximum absolute atomic E-state index is 12.6. The highest BCUT2D eigenvalue weighted by molar-refractivity contribution is 7.99. The minimum absolute atomic E-state index is 0.0793. The molecule has 0 bridgehead atoms. The average molecular weight is 343 g/mol. The van der Waals surface area contributed by atoms with Crippen LogP contribution in [0.3, 0.4) is 0 Å². The fraction of sp³-hybridized carbons (Fsp3) is 0.250. The van der Waals surface area contributed by atoms with Crippen LogP contribution in [0, 0.1) is 0 Å². The molecule has 0 aliphatic heterocycles. The SMILES string of the molecule is CC(C)NC(=O)CSc1nnc2c(=O)n(-c3ccccc3)ccn12. The number of para-hydroxylation sites is 1. The summed E-state index contributed by atoms with van der Waals surface area (Å²) in [6, 6.07) is 9.40. The number of hydrogen-bond acceptors (Lipinski definition) is 5. The van der Waals surface area contributed by atoms with Crippen LogP contribution in [0.5, 0.6) is 0 Å². The van der Waals surface area contributed by atoms with Gasteiger partial charge in [-0.3, -0.25) is 18.6 Å². The second kappa shape index (κ2) is 6.88. The van der Waals surface area contributed by atoms with E-state index in [1.165, 1.54) is 16.3 Å². The summed E-state index contributed by atoms with van der Waals surface area (Å²) in [5.74, 6) is 0.144. The highest BCUT2D eigenvalue weighted by atomic mass is 32.2. The number of hydrogen-bond donors (Lipinski definition) is 1. The van der Waals surface area contributed by atoms with E-state index in [1.807, 2.05) is 44.2 Å². The molecule has 2 aromatic heterocycles. The zero-order valence-corrected chi connectivity index (χ0v) is 14.2. The van der Waals surface area contributed by atoms with Crippen LogP contribution in [0.4, 0.5) is 0 Å². The number of carbonyl (C=O) groups is 1. The highest BCUT2D eigenvalue weighted by Gasteiger charge is 2.13. The van der Waals surface area contributed by atoms with Gasteiger partial charge in [0.1, 0.15) is 0 Å². The van der Waals surface area contributed by atoms with E-state index in [1.54, 1.807) is 16.8 Å². The van der Waals surface area contributed by atoms with Crippen LogP contribution in [0.25, 0.3) is 11.3 Å². The number of nitrogens with zero attached hydrogens (tertiary/aromatic N) is 4. The highest BCUT2D eigenvalue weighted by Crippen LogP contribution is 2.15. The number of amides is 1. The monoisotopic (exact) mass is 343 g/mol. The summed E-state index contributed by atoms with van der Waals surface area (Å²) in [7, 11) is 0. The first-order chi connectivity index (χ1) is 11.6. The van der Waals surface area contributed by atoms with Gasteiger partial charge in [0.25, 0.3) is 0 Å². The van der Waals surface area contributed by atoms with Crippen molar-refractivity contribution in [1.29, 1.82) is 0 Å². The van der Waals surface area contributed by atoms with E-state index in [4.69, 9.17) is 0 Å². The molecule has 0 saturated carbocycles. The minimum Gasteiger partial charge on any atom is -0.353 e. The standard InChI is InChI=1S/C16H17N5O2S/c1-11(2)17-13(22)10-24-16-19-18-14-15(23)20(8-9-21(14)16)12-6-4-3-5-7-12/h3-9,11H,10H2,1-2H3,(H,17,22). The molecule has 0 spiro atoms. The summed E-state index contributed by atoms with van der Waals surface area (Å²) >= 11 is 1.25. The Labute approximate surface area is 142 Å². The molecule has 0 fully saturated rings. The average Bonchev–Trinajstić information content (AvgIpc) is 2.97. The van der Waals surface area contributed by atoms with Crippen molar-refractivity contribution in [2.45, 2.75) is 25.0 Å². The molecule has 3 rings (SSSR count). The van der Waals surface area contributed by atoms with E-state index in [0.29, 0.717) is 5.16 Å². The van der Waals surface area contributed by atoms with Gasteiger partial charge >= 0.3 is 5.56 Å². The molecule has 8 heteroatoms. The first-order valence-electron chi connectivity index (χ1n) is 7.50. The third-order valence-corrected chi connectivity index (χ3v) is 4.20. The minimum atomic E-state index is -0.255. The second-order valence-corrected chi connectivity index (χ2v) is 6.44. The number of nitrogens with one attached hydrogen (secondary N) is 1. The predicted octanol–water partition coefficient (Wildman–Crippen LogP) is 1.50. The fourth-order valence-electron chi connectivity index (χ4n) is 2.25. The fourth-order valence-corrected chi connectivity index (χ4v) is 2.98. The molecule has 1 amide bonds. The second-order valence-electron chi connectivity index (χ2n) is 5.50. The Balaban J connectivity index is 1.87. The van der Waals surface area contributed by atoms with E-state index < -0.39 is 0 Å². The molecule has 1 aromatic carbocycles. The summed E-state index contributed by atoms with van der Waals surface area (Å²) < 4.78 is 3.12. The van der Waals surface area contributed by atoms with Gasteiger partial charge in [-0.15, -0.1) is 10.2 Å². The van der Waals surface area contributed by atoms with Gasteiger partial charge in [-0.25, -0.2) is 0 Å². The molecular formula is C16H17N5O2S. The topological polar surface area (TPSA) is 81.3 Å². The zero-order chi connectivity index (χ0) is 17.1. The van der Waals surface area contributed by atoms with Crippen LogP contribution in [0.2, 0.25) is 0 Å². The van der Waals surface area contributed by atoms with E-state index >= 15 is 0 Å². The Morgan fingerprint density at radius 1 is 1.21 bits per heavy atom. The first kappa shape index (κ1) is 16.3. The predicted molar refractivity (Wildman–Crippen MR) is 92.6 cm³/mol. The van der Waals surface area contributed by atoms with Crippen LogP contribution in [0.1, 0.15) is 13.8 Å². The van der Waals surface area contributed by atoms with Gasteiger partial charge in [0, 0.05) is 24.1 Å². The Morgan fingerprint density at radius 2 is 1.96 bits per heavy atom. The van der Waals surface area contributed by atoms with Crippen LogP contribution in [0.15, 0.2) is 52.7 Å². The van der Waals surface area contributed by atoms with Crippen molar-refractivity contribution >= 4 is 23.3 Å². The van der Waals surface area contributed by atoms with Crippen LogP contribution >= 0.6 is 11.8 Å². The van der Waals surface area contributed by atoms with Gasteiger partial charge in [-0.1, -0.05) is 30.0 Å². The van der Waals surface area contributed by atoms with Crippen molar-refractivity contribution < 1.29 is 4.79 Å². The molecule has 0 atom stereocenters. The lowest BCUT2D eigenvalue weighted by molar-refractivity contribution is -0.119. The molecule has 0 radical (unpaired) electrons. The van der Waals surface area contributed by atoms with Gasteiger partial charge in [0.05, 0.1) is 5.75 Å². The molecule has 0 aliphatic carbocycles. The molecule has 1 N–H and O–H groups in total. The summed E-state index contributed by atoms with van der Waals surface area (Å²) in [6.07, 6.45) is 3.40. The molecule has 124 valence electrons. The van der Waals surface area contributed by atoms with Crippen molar-refractivity contribution in [3.05, 3.63) is 53.1 Å². The van der Waals surface area contributed by atoms with E-state index in [0.717, 1.165) is 5.69 Å². The summed E-state index contributed by atoms with van der Waals surface area (Å²) in [4.78, 5) is 24.3. The normalized spacial score (nSPS) is 11.1. The molecule has 2 heterocycles. The third kappa shape index (κ3) is 3.33. The molecule has 0 saturated heterocycles.